The molecule has 4 atom stereocenters. The van der Waals surface area contributed by atoms with E-state index in [1.165, 1.54) is 0 Å². The van der Waals surface area contributed by atoms with E-state index >= 15 is 0 Å². The standard InChI is InChI=1S/C27H28Cl2N4O3/c1-15-10-18-11-19(12-23(15)33(18)27(34)31-17-4-3-9-30-13-17)35-14-20-25(32-36-26(20)16-7-8-16)24-21(28)5-2-6-22(24)29/h2-6,9,13,15-16,18-19,23H,7-8,10-12,14H2,1H3,(H,31,34)/t15-,18?,19+,23?/m1/s1. The van der Waals surface area contributed by atoms with Crippen LogP contribution < -0.4 is 5.32 Å². The smallest absolute Gasteiger partial charge is 0.322 e. The highest BCUT2D eigenvalue weighted by Gasteiger charge is 2.47. The number of nitrogens with one attached hydrogen (secondary N) is 1. The van der Waals surface area contributed by atoms with Crippen molar-refractivity contribution in [3.8, 4) is 11.3 Å². The van der Waals surface area contributed by atoms with Crippen molar-refractivity contribution < 1.29 is 14.1 Å². The molecule has 1 saturated carbocycles. The molecule has 36 heavy (non-hydrogen) atoms. The molecule has 2 amide bonds. The number of carbonyl (C=O) groups is 1. The summed E-state index contributed by atoms with van der Waals surface area (Å²) >= 11 is 13.0. The van der Waals surface area contributed by atoms with Gasteiger partial charge in [-0.25, -0.2) is 4.79 Å². The number of amides is 2. The number of fused-ring (bicyclic) bond motifs is 2. The monoisotopic (exact) mass is 526 g/mol. The fourth-order valence-corrected chi connectivity index (χ4v) is 6.37. The van der Waals surface area contributed by atoms with Crippen molar-refractivity contribution in [3.05, 3.63) is 64.1 Å². The van der Waals surface area contributed by atoms with Crippen LogP contribution in [0.15, 0.2) is 47.2 Å². The molecule has 2 unspecified atom stereocenters. The van der Waals surface area contributed by atoms with Crippen LogP contribution in [-0.2, 0) is 11.3 Å². The Labute approximate surface area is 220 Å². The first-order chi connectivity index (χ1) is 17.5. The van der Waals surface area contributed by atoms with E-state index in [1.54, 1.807) is 12.4 Å². The van der Waals surface area contributed by atoms with Crippen molar-refractivity contribution in [2.45, 2.75) is 69.7 Å². The third-order valence-electron chi connectivity index (χ3n) is 7.67. The number of hydrogen-bond donors (Lipinski definition) is 1. The molecule has 1 aliphatic carbocycles. The van der Waals surface area contributed by atoms with Gasteiger partial charge in [0.2, 0.25) is 0 Å². The lowest BCUT2D eigenvalue weighted by Crippen LogP contribution is -2.51. The Balaban J connectivity index is 1.18. The molecule has 6 rings (SSSR count). The Hall–Kier alpha value is -2.61. The van der Waals surface area contributed by atoms with Gasteiger partial charge in [-0.15, -0.1) is 0 Å². The summed E-state index contributed by atoms with van der Waals surface area (Å²) in [5.41, 5.74) is 2.99. The van der Waals surface area contributed by atoms with Crippen molar-refractivity contribution in [3.63, 3.8) is 0 Å². The number of rotatable bonds is 6. The SMILES string of the molecule is C[C@@H]1CC2C[C@H](OCc3c(-c4c(Cl)cccc4Cl)noc3C3CC3)CC1N2C(=O)Nc1cccnc1. The fraction of sp³-hybridized carbons (Fsp3) is 0.444. The normalized spacial score (nSPS) is 25.2. The maximum atomic E-state index is 13.1. The largest absolute Gasteiger partial charge is 0.373 e. The van der Waals surface area contributed by atoms with Gasteiger partial charge in [-0.2, -0.15) is 0 Å². The molecule has 1 aromatic carbocycles. The van der Waals surface area contributed by atoms with Gasteiger partial charge in [0.05, 0.1) is 34.6 Å². The van der Waals surface area contributed by atoms with Gasteiger partial charge in [-0.3, -0.25) is 4.98 Å². The molecule has 4 heterocycles. The van der Waals surface area contributed by atoms with E-state index in [1.807, 2.05) is 35.2 Å². The average Bonchev–Trinajstić information content (AvgIpc) is 3.58. The Kier molecular flexibility index (Phi) is 6.40. The predicted octanol–water partition coefficient (Wildman–Crippen LogP) is 6.91. The second kappa shape index (κ2) is 9.69. The van der Waals surface area contributed by atoms with E-state index < -0.39 is 0 Å². The number of pyridine rings is 1. The van der Waals surface area contributed by atoms with Crippen LogP contribution in [0.25, 0.3) is 11.3 Å². The predicted molar refractivity (Wildman–Crippen MR) is 138 cm³/mol. The van der Waals surface area contributed by atoms with E-state index in [0.29, 0.717) is 45.4 Å². The van der Waals surface area contributed by atoms with Crippen LogP contribution in [0.1, 0.15) is 56.3 Å². The summed E-state index contributed by atoms with van der Waals surface area (Å²) in [5.74, 6) is 1.67. The molecule has 188 valence electrons. The van der Waals surface area contributed by atoms with E-state index in [2.05, 4.69) is 22.4 Å². The van der Waals surface area contributed by atoms with Gasteiger partial charge in [0.25, 0.3) is 0 Å². The van der Waals surface area contributed by atoms with Crippen LogP contribution in [-0.4, -0.2) is 39.3 Å². The Morgan fingerprint density at radius 3 is 2.67 bits per heavy atom. The Morgan fingerprint density at radius 2 is 1.97 bits per heavy atom. The highest BCUT2D eigenvalue weighted by molar-refractivity contribution is 6.39. The van der Waals surface area contributed by atoms with Crippen LogP contribution >= 0.6 is 23.2 Å². The number of halogens is 2. The van der Waals surface area contributed by atoms with E-state index in [0.717, 1.165) is 43.4 Å². The summed E-state index contributed by atoms with van der Waals surface area (Å²) < 4.78 is 12.3. The minimum Gasteiger partial charge on any atom is -0.373 e. The Morgan fingerprint density at radius 1 is 1.17 bits per heavy atom. The van der Waals surface area contributed by atoms with Crippen molar-refractivity contribution in [2.24, 2.45) is 5.92 Å². The summed E-state index contributed by atoms with van der Waals surface area (Å²) in [5, 5.41) is 8.46. The molecule has 3 aromatic rings. The maximum absolute atomic E-state index is 13.1. The highest BCUT2D eigenvalue weighted by Crippen LogP contribution is 2.47. The molecule has 2 saturated heterocycles. The Bertz CT molecular complexity index is 1240. The van der Waals surface area contributed by atoms with Crippen LogP contribution in [0.5, 0.6) is 0 Å². The van der Waals surface area contributed by atoms with Crippen molar-refractivity contribution in [2.75, 3.05) is 5.32 Å². The molecule has 0 radical (unpaired) electrons. The molecule has 1 N–H and O–H groups in total. The number of benzene rings is 1. The first-order valence-corrected chi connectivity index (χ1v) is 13.3. The highest BCUT2D eigenvalue weighted by atomic mass is 35.5. The molecular formula is C27H28Cl2N4O3. The summed E-state index contributed by atoms with van der Waals surface area (Å²) in [7, 11) is 0. The first-order valence-electron chi connectivity index (χ1n) is 12.5. The number of anilines is 1. The molecule has 2 bridgehead atoms. The van der Waals surface area contributed by atoms with Gasteiger partial charge in [0.1, 0.15) is 11.5 Å². The molecular weight excluding hydrogens is 499 g/mol. The molecule has 3 fully saturated rings. The minimum absolute atomic E-state index is 0.0453. The number of carbonyl (C=O) groups excluding carboxylic acids is 1. The second-order valence-electron chi connectivity index (χ2n) is 10.2. The number of urea groups is 1. The quantitative estimate of drug-likeness (QED) is 0.377. The fourth-order valence-electron chi connectivity index (χ4n) is 5.80. The van der Waals surface area contributed by atoms with E-state index in [-0.39, 0.29) is 24.2 Å². The van der Waals surface area contributed by atoms with Crippen LogP contribution in [0, 0.1) is 5.92 Å². The van der Waals surface area contributed by atoms with Gasteiger partial charge >= 0.3 is 6.03 Å². The lowest BCUT2D eigenvalue weighted by atomic mass is 9.97. The minimum atomic E-state index is -0.0634. The summed E-state index contributed by atoms with van der Waals surface area (Å²) in [6.45, 7) is 2.60. The van der Waals surface area contributed by atoms with Crippen LogP contribution in [0.4, 0.5) is 10.5 Å². The molecule has 7 nitrogen and oxygen atoms in total. The third-order valence-corrected chi connectivity index (χ3v) is 8.30. The van der Waals surface area contributed by atoms with Crippen LogP contribution in [0.2, 0.25) is 10.0 Å². The molecule has 2 aliphatic heterocycles. The lowest BCUT2D eigenvalue weighted by molar-refractivity contribution is -0.0181. The number of nitrogens with zero attached hydrogens (tertiary/aromatic N) is 3. The van der Waals surface area contributed by atoms with Gasteiger partial charge in [-0.1, -0.05) is 41.3 Å². The van der Waals surface area contributed by atoms with Gasteiger partial charge in [-0.05, 0) is 62.3 Å². The zero-order valence-corrected chi connectivity index (χ0v) is 21.5. The average molecular weight is 527 g/mol. The zero-order chi connectivity index (χ0) is 24.8. The molecule has 0 spiro atoms. The number of hydrogen-bond acceptors (Lipinski definition) is 5. The van der Waals surface area contributed by atoms with Crippen molar-refractivity contribution >= 4 is 34.9 Å². The summed E-state index contributed by atoms with van der Waals surface area (Å²) in [6.07, 6.45) is 8.15. The van der Waals surface area contributed by atoms with Gasteiger partial charge in [0.15, 0.2) is 0 Å². The molecule has 3 aliphatic rings. The topological polar surface area (TPSA) is 80.5 Å². The van der Waals surface area contributed by atoms with Crippen molar-refractivity contribution in [1.82, 2.24) is 15.0 Å². The number of piperidine rings is 1. The summed E-state index contributed by atoms with van der Waals surface area (Å²) in [6, 6.07) is 9.32. The molecule has 2 aromatic heterocycles. The van der Waals surface area contributed by atoms with Crippen molar-refractivity contribution in [1.29, 1.82) is 0 Å². The number of aromatic nitrogens is 2. The molecule has 9 heteroatoms. The van der Waals surface area contributed by atoms with Gasteiger partial charge < -0.3 is 19.5 Å². The third kappa shape index (κ3) is 4.49. The van der Waals surface area contributed by atoms with E-state index in [4.69, 9.17) is 32.5 Å². The summed E-state index contributed by atoms with van der Waals surface area (Å²) in [4.78, 5) is 19.2. The zero-order valence-electron chi connectivity index (χ0n) is 20.0. The first kappa shape index (κ1) is 23.8. The number of ether oxygens (including phenoxy) is 1. The van der Waals surface area contributed by atoms with E-state index in [9.17, 15) is 4.79 Å². The maximum Gasteiger partial charge on any atom is 0.322 e. The lowest BCUT2D eigenvalue weighted by Gasteiger charge is -2.39. The second-order valence-corrected chi connectivity index (χ2v) is 11.0. The van der Waals surface area contributed by atoms with Crippen LogP contribution in [0.3, 0.4) is 0 Å². The van der Waals surface area contributed by atoms with Gasteiger partial charge in [0, 0.05) is 35.3 Å².